The lowest BCUT2D eigenvalue weighted by Crippen LogP contribution is -2.51. The maximum atomic E-state index is 13.2. The van der Waals surface area contributed by atoms with E-state index in [0.29, 0.717) is 18.8 Å². The van der Waals surface area contributed by atoms with Crippen molar-refractivity contribution in [3.05, 3.63) is 103 Å². The van der Waals surface area contributed by atoms with Crippen LogP contribution in [0.25, 0.3) is 6.20 Å². The van der Waals surface area contributed by atoms with Crippen LogP contribution in [0.3, 0.4) is 0 Å². The van der Waals surface area contributed by atoms with Gasteiger partial charge in [0.2, 0.25) is 0 Å². The van der Waals surface area contributed by atoms with Gasteiger partial charge in [0, 0.05) is 31.2 Å². The Morgan fingerprint density at radius 1 is 1.27 bits per heavy atom. The molecule has 33 heavy (non-hydrogen) atoms. The second-order valence-corrected chi connectivity index (χ2v) is 8.30. The zero-order valence-electron chi connectivity index (χ0n) is 19.9. The average Bonchev–Trinajstić information content (AvgIpc) is 3.29. The first-order valence-corrected chi connectivity index (χ1v) is 11.4. The molecule has 1 N–H and O–H groups in total. The van der Waals surface area contributed by atoms with E-state index in [1.54, 1.807) is 6.08 Å². The Morgan fingerprint density at radius 3 is 2.70 bits per heavy atom. The molecule has 5 heteroatoms. The molecule has 1 amide bonds. The summed E-state index contributed by atoms with van der Waals surface area (Å²) in [5, 5.41) is 3.65. The summed E-state index contributed by atoms with van der Waals surface area (Å²) in [4.78, 5) is 19.5. The molecule has 3 heterocycles. The molecule has 1 fully saturated rings. The average molecular weight is 443 g/mol. The third kappa shape index (κ3) is 5.43. The standard InChI is InChI=1S/C28H34N4O/c1-6-11-25(24(7-2)8-3)30-23(5)27(33)32-20-15-28(16-21-32)26-13-10-19-31(26)18-9-12-22(4)14-17-29-28/h6-14,17-19,29H,2,5,15-16,20-21H2,1,3-4H3/b11-6-,17-14+,18-9+,22-12-,24-8-,30-25?. The molecule has 0 unspecified atom stereocenters. The van der Waals surface area contributed by atoms with E-state index in [4.69, 9.17) is 0 Å². The monoisotopic (exact) mass is 442 g/mol. The van der Waals surface area contributed by atoms with Crippen molar-refractivity contribution in [2.24, 2.45) is 4.99 Å². The summed E-state index contributed by atoms with van der Waals surface area (Å²) >= 11 is 0. The van der Waals surface area contributed by atoms with E-state index >= 15 is 0 Å². The van der Waals surface area contributed by atoms with Gasteiger partial charge in [0.15, 0.2) is 0 Å². The van der Waals surface area contributed by atoms with Crippen LogP contribution in [0.2, 0.25) is 0 Å². The number of amides is 1. The Kier molecular flexibility index (Phi) is 7.88. The third-order valence-electron chi connectivity index (χ3n) is 6.14. The van der Waals surface area contributed by atoms with Crippen molar-refractivity contribution in [1.29, 1.82) is 0 Å². The van der Waals surface area contributed by atoms with E-state index in [9.17, 15) is 4.79 Å². The van der Waals surface area contributed by atoms with Crippen molar-refractivity contribution in [2.45, 2.75) is 39.2 Å². The van der Waals surface area contributed by atoms with Gasteiger partial charge in [-0.2, -0.15) is 0 Å². The smallest absolute Gasteiger partial charge is 0.271 e. The number of aromatic nitrogens is 1. The minimum atomic E-state index is -0.250. The second-order valence-electron chi connectivity index (χ2n) is 8.30. The summed E-state index contributed by atoms with van der Waals surface area (Å²) in [6, 6.07) is 4.22. The maximum Gasteiger partial charge on any atom is 0.271 e. The fourth-order valence-electron chi connectivity index (χ4n) is 4.27. The molecule has 0 atom stereocenters. The summed E-state index contributed by atoms with van der Waals surface area (Å²) in [7, 11) is 0. The summed E-state index contributed by atoms with van der Waals surface area (Å²) in [6.07, 6.45) is 21.4. The second kappa shape index (κ2) is 10.8. The van der Waals surface area contributed by atoms with Gasteiger partial charge >= 0.3 is 0 Å². The molecule has 0 aromatic carbocycles. The fraction of sp³-hybridized carbons (Fsp3) is 0.286. The number of carbonyl (C=O) groups excluding carboxylic acids is 1. The number of rotatable bonds is 5. The minimum absolute atomic E-state index is 0.129. The number of hydrogen-bond donors (Lipinski definition) is 1. The molecule has 1 spiro atoms. The molecule has 0 radical (unpaired) electrons. The Labute approximate surface area is 197 Å². The predicted molar refractivity (Wildman–Crippen MR) is 139 cm³/mol. The molecule has 3 rings (SSSR count). The molecule has 172 valence electrons. The largest absolute Gasteiger partial charge is 0.380 e. The van der Waals surface area contributed by atoms with Crippen LogP contribution in [0.4, 0.5) is 0 Å². The Hall–Kier alpha value is -3.60. The lowest BCUT2D eigenvalue weighted by Gasteiger charge is -2.42. The Bertz CT molecular complexity index is 1080. The first-order chi connectivity index (χ1) is 15.9. The van der Waals surface area contributed by atoms with E-state index in [0.717, 1.165) is 18.4 Å². The molecular weight excluding hydrogens is 408 g/mol. The van der Waals surface area contributed by atoms with Crippen LogP contribution < -0.4 is 5.32 Å². The van der Waals surface area contributed by atoms with Gasteiger partial charge in [0.1, 0.15) is 5.70 Å². The number of hydrogen-bond acceptors (Lipinski definition) is 3. The maximum absolute atomic E-state index is 13.2. The zero-order chi connectivity index (χ0) is 23.8. The van der Waals surface area contributed by atoms with Crippen molar-refractivity contribution >= 4 is 17.8 Å². The number of aliphatic imine (C=N–C) groups is 1. The van der Waals surface area contributed by atoms with Crippen LogP contribution in [0, 0.1) is 0 Å². The quantitative estimate of drug-likeness (QED) is 0.372. The molecular formula is C28H34N4O. The van der Waals surface area contributed by atoms with Crippen LogP contribution in [0.5, 0.6) is 0 Å². The van der Waals surface area contributed by atoms with Gasteiger partial charge in [0.25, 0.3) is 5.91 Å². The van der Waals surface area contributed by atoms with Gasteiger partial charge in [-0.05, 0) is 81.3 Å². The SMILES string of the molecule is C=C/C(=C/C)C(/C=C\C)=NC(=C)C(=O)N1CCC2(CC1)N/C=C/C(C)=C\C=C\n1cccc12. The van der Waals surface area contributed by atoms with E-state index in [-0.39, 0.29) is 17.1 Å². The number of carbonyl (C=O) groups is 1. The topological polar surface area (TPSA) is 49.6 Å². The van der Waals surface area contributed by atoms with Gasteiger partial charge in [-0.3, -0.25) is 4.79 Å². The molecule has 1 saturated heterocycles. The lowest BCUT2D eigenvalue weighted by atomic mass is 9.84. The van der Waals surface area contributed by atoms with Crippen LogP contribution in [0.1, 0.15) is 39.3 Å². The molecule has 1 aromatic heterocycles. The van der Waals surface area contributed by atoms with Crippen molar-refractivity contribution < 1.29 is 4.79 Å². The molecule has 0 saturated carbocycles. The zero-order valence-corrected chi connectivity index (χ0v) is 19.9. The highest BCUT2D eigenvalue weighted by Crippen LogP contribution is 2.34. The Balaban J connectivity index is 1.80. The summed E-state index contributed by atoms with van der Waals surface area (Å²) in [5.41, 5.74) is 3.92. The fourth-order valence-corrected chi connectivity index (χ4v) is 4.27. The first kappa shape index (κ1) is 24.1. The van der Waals surface area contributed by atoms with E-state index in [1.165, 1.54) is 11.3 Å². The predicted octanol–water partition coefficient (Wildman–Crippen LogP) is 5.50. The van der Waals surface area contributed by atoms with Crippen molar-refractivity contribution in [3.63, 3.8) is 0 Å². The number of nitrogens with zero attached hydrogens (tertiary/aromatic N) is 3. The number of likely N-dealkylation sites (tertiary alicyclic amines) is 1. The van der Waals surface area contributed by atoms with E-state index < -0.39 is 0 Å². The molecule has 0 bridgehead atoms. The van der Waals surface area contributed by atoms with Gasteiger partial charge in [-0.1, -0.05) is 37.5 Å². The Morgan fingerprint density at radius 2 is 2.03 bits per heavy atom. The van der Waals surface area contributed by atoms with Gasteiger partial charge in [-0.15, -0.1) is 0 Å². The first-order valence-electron chi connectivity index (χ1n) is 11.4. The summed E-state index contributed by atoms with van der Waals surface area (Å²) < 4.78 is 2.16. The van der Waals surface area contributed by atoms with Gasteiger partial charge in [0.05, 0.1) is 11.3 Å². The van der Waals surface area contributed by atoms with Crippen molar-refractivity contribution in [2.75, 3.05) is 13.1 Å². The highest BCUT2D eigenvalue weighted by Gasteiger charge is 2.39. The minimum Gasteiger partial charge on any atom is -0.380 e. The molecule has 0 aliphatic carbocycles. The van der Waals surface area contributed by atoms with Crippen LogP contribution in [0.15, 0.2) is 102 Å². The van der Waals surface area contributed by atoms with Gasteiger partial charge in [-0.25, -0.2) is 4.99 Å². The number of allylic oxidation sites excluding steroid dienone is 9. The third-order valence-corrected chi connectivity index (χ3v) is 6.14. The lowest BCUT2D eigenvalue weighted by molar-refractivity contribution is -0.128. The number of nitrogens with one attached hydrogen (secondary N) is 1. The van der Waals surface area contributed by atoms with E-state index in [2.05, 4.69) is 77.7 Å². The molecule has 2 aliphatic heterocycles. The molecule has 5 nitrogen and oxygen atoms in total. The van der Waals surface area contributed by atoms with Crippen LogP contribution in [-0.4, -0.2) is 34.2 Å². The normalized spacial score (nSPS) is 22.2. The van der Waals surface area contributed by atoms with Gasteiger partial charge < -0.3 is 14.8 Å². The number of fused-ring (bicyclic) bond motifs is 2. The van der Waals surface area contributed by atoms with Crippen LogP contribution in [-0.2, 0) is 10.3 Å². The van der Waals surface area contributed by atoms with Crippen molar-refractivity contribution in [3.8, 4) is 0 Å². The number of piperidine rings is 1. The van der Waals surface area contributed by atoms with E-state index in [1.807, 2.05) is 43.2 Å². The highest BCUT2D eigenvalue weighted by molar-refractivity contribution is 6.12. The summed E-state index contributed by atoms with van der Waals surface area (Å²) in [5.74, 6) is -0.129. The molecule has 1 aromatic rings. The van der Waals surface area contributed by atoms with Crippen molar-refractivity contribution in [1.82, 2.24) is 14.8 Å². The molecule has 2 aliphatic rings. The van der Waals surface area contributed by atoms with Crippen LogP contribution >= 0.6 is 0 Å². The summed E-state index contributed by atoms with van der Waals surface area (Å²) in [6.45, 7) is 15.0. The highest BCUT2D eigenvalue weighted by atomic mass is 16.2.